The lowest BCUT2D eigenvalue weighted by molar-refractivity contribution is -0.383. The van der Waals surface area contributed by atoms with Gasteiger partial charge >= 0.3 is 5.69 Å². The molecule has 0 unspecified atom stereocenters. The zero-order valence-electron chi connectivity index (χ0n) is 18.8. The smallest absolute Gasteiger partial charge is 0.355 e. The van der Waals surface area contributed by atoms with Crippen LogP contribution in [0.25, 0.3) is 0 Å². The molecule has 10 nitrogen and oxygen atoms in total. The lowest BCUT2D eigenvalue weighted by Crippen LogP contribution is -2.47. The third-order valence-electron chi connectivity index (χ3n) is 5.86. The fourth-order valence-electron chi connectivity index (χ4n) is 3.92. The summed E-state index contributed by atoms with van der Waals surface area (Å²) in [6, 6.07) is 12.6. The largest absolute Gasteiger partial charge is 0.368 e. The van der Waals surface area contributed by atoms with E-state index >= 15 is 0 Å². The Morgan fingerprint density at radius 2 is 1.76 bits per heavy atom. The van der Waals surface area contributed by atoms with Gasteiger partial charge in [0.05, 0.1) is 4.92 Å². The van der Waals surface area contributed by atoms with Gasteiger partial charge in [0.2, 0.25) is 11.6 Å². The van der Waals surface area contributed by atoms with Crippen molar-refractivity contribution in [2.75, 3.05) is 41.4 Å². The molecule has 0 spiro atoms. The van der Waals surface area contributed by atoms with Gasteiger partial charge < -0.3 is 9.80 Å². The van der Waals surface area contributed by atoms with Crippen LogP contribution in [0.15, 0.2) is 48.8 Å². The summed E-state index contributed by atoms with van der Waals surface area (Å²) in [5.74, 6) is -0.387. The Morgan fingerprint density at radius 3 is 2.47 bits per heavy atom. The maximum Gasteiger partial charge on any atom is 0.355 e. The van der Waals surface area contributed by atoms with Crippen molar-refractivity contribution >= 4 is 40.5 Å². The Kier molecular flexibility index (Phi) is 6.78. The van der Waals surface area contributed by atoms with E-state index < -0.39 is 10.8 Å². The van der Waals surface area contributed by atoms with E-state index in [1.807, 2.05) is 11.0 Å². The number of carbonyl (C=O) groups is 1. The van der Waals surface area contributed by atoms with Gasteiger partial charge in [-0.05, 0) is 49.2 Å². The first-order chi connectivity index (χ1) is 16.3. The number of piperazine rings is 1. The second-order valence-electron chi connectivity index (χ2n) is 7.93. The summed E-state index contributed by atoms with van der Waals surface area (Å²) in [4.78, 5) is 36.1. The average molecular weight is 482 g/mol. The second-order valence-corrected chi connectivity index (χ2v) is 8.37. The number of amides is 1. The van der Waals surface area contributed by atoms with Crippen LogP contribution in [0.3, 0.4) is 0 Å². The first-order valence-corrected chi connectivity index (χ1v) is 11.1. The van der Waals surface area contributed by atoms with Crippen LogP contribution in [0.1, 0.15) is 21.5 Å². The standard InChI is InChI=1S/C23H24ClN7O3/c1-15-5-3-8-19(16(15)2)29-9-11-30(12-10-29)22-20(31(33)34)21(25-14-26-22)27-28-23(32)17-6-4-7-18(24)13-17/h3-8,13-14H,9-12H2,1-2H3,(H,28,32)(H,25,26,27). The van der Waals surface area contributed by atoms with Crippen LogP contribution in [-0.4, -0.2) is 47.0 Å². The minimum absolute atomic E-state index is 0.0951. The number of nitrogens with one attached hydrogen (secondary N) is 2. The van der Waals surface area contributed by atoms with Crippen LogP contribution in [-0.2, 0) is 0 Å². The van der Waals surface area contributed by atoms with E-state index in [0.717, 1.165) is 0 Å². The Hall–Kier alpha value is -3.92. The first-order valence-electron chi connectivity index (χ1n) is 10.7. The Labute approximate surface area is 201 Å². The lowest BCUT2D eigenvalue weighted by atomic mass is 10.1. The summed E-state index contributed by atoms with van der Waals surface area (Å²) in [5, 5.41) is 12.3. The van der Waals surface area contributed by atoms with Crippen LogP contribution < -0.4 is 20.7 Å². The van der Waals surface area contributed by atoms with E-state index in [0.29, 0.717) is 36.8 Å². The third-order valence-corrected chi connectivity index (χ3v) is 6.10. The molecule has 176 valence electrons. The zero-order chi connectivity index (χ0) is 24.2. The quantitative estimate of drug-likeness (QED) is 0.404. The predicted octanol–water partition coefficient (Wildman–Crippen LogP) is 3.74. The molecule has 1 fully saturated rings. The van der Waals surface area contributed by atoms with Gasteiger partial charge in [0.15, 0.2) is 0 Å². The zero-order valence-corrected chi connectivity index (χ0v) is 19.5. The van der Waals surface area contributed by atoms with Crippen LogP contribution in [0.2, 0.25) is 5.02 Å². The molecular weight excluding hydrogens is 458 g/mol. The summed E-state index contributed by atoms with van der Waals surface area (Å²) >= 11 is 5.93. The van der Waals surface area contributed by atoms with Crippen molar-refractivity contribution in [1.29, 1.82) is 0 Å². The monoisotopic (exact) mass is 481 g/mol. The number of carbonyl (C=O) groups excluding carboxylic acids is 1. The van der Waals surface area contributed by atoms with Crippen molar-refractivity contribution in [3.63, 3.8) is 0 Å². The molecule has 2 aromatic carbocycles. The maximum atomic E-state index is 12.4. The molecule has 1 saturated heterocycles. The van der Waals surface area contributed by atoms with Crippen molar-refractivity contribution in [2.24, 2.45) is 0 Å². The van der Waals surface area contributed by atoms with Crippen LogP contribution in [0.4, 0.5) is 23.0 Å². The Morgan fingerprint density at radius 1 is 1.06 bits per heavy atom. The van der Waals surface area contributed by atoms with E-state index in [2.05, 4.69) is 51.7 Å². The second kappa shape index (κ2) is 9.92. The van der Waals surface area contributed by atoms with Crippen molar-refractivity contribution in [3.05, 3.63) is 80.6 Å². The highest BCUT2D eigenvalue weighted by Crippen LogP contribution is 2.33. The summed E-state index contributed by atoms with van der Waals surface area (Å²) < 4.78 is 0. The average Bonchev–Trinajstić information content (AvgIpc) is 2.84. The van der Waals surface area contributed by atoms with Gasteiger partial charge in [-0.1, -0.05) is 29.8 Å². The van der Waals surface area contributed by atoms with E-state index in [1.165, 1.54) is 29.2 Å². The van der Waals surface area contributed by atoms with Gasteiger partial charge in [-0.25, -0.2) is 9.97 Å². The first kappa shape index (κ1) is 23.2. The van der Waals surface area contributed by atoms with Gasteiger partial charge in [-0.15, -0.1) is 0 Å². The normalized spacial score (nSPS) is 13.5. The highest BCUT2D eigenvalue weighted by molar-refractivity contribution is 6.30. The molecule has 0 bridgehead atoms. The van der Waals surface area contributed by atoms with Crippen LogP contribution in [0.5, 0.6) is 0 Å². The molecule has 1 aliphatic rings. The molecule has 2 N–H and O–H groups in total. The molecule has 1 aliphatic heterocycles. The molecule has 3 aromatic rings. The summed E-state index contributed by atoms with van der Waals surface area (Å²) in [6.07, 6.45) is 1.24. The molecule has 0 saturated carbocycles. The molecule has 2 heterocycles. The highest BCUT2D eigenvalue weighted by Gasteiger charge is 2.30. The molecule has 0 radical (unpaired) electrons. The molecular formula is C23H24ClN7O3. The summed E-state index contributed by atoms with van der Waals surface area (Å²) in [7, 11) is 0. The number of benzene rings is 2. The lowest BCUT2D eigenvalue weighted by Gasteiger charge is -2.37. The van der Waals surface area contributed by atoms with Crippen molar-refractivity contribution in [2.45, 2.75) is 13.8 Å². The number of hydrazine groups is 1. The molecule has 34 heavy (non-hydrogen) atoms. The minimum Gasteiger partial charge on any atom is -0.368 e. The van der Waals surface area contributed by atoms with Crippen molar-refractivity contribution in [3.8, 4) is 0 Å². The summed E-state index contributed by atoms with van der Waals surface area (Å²) in [6.45, 7) is 6.68. The predicted molar refractivity (Wildman–Crippen MR) is 132 cm³/mol. The van der Waals surface area contributed by atoms with Crippen molar-refractivity contribution in [1.82, 2.24) is 15.4 Å². The topological polar surface area (TPSA) is 117 Å². The minimum atomic E-state index is -0.541. The molecule has 1 aromatic heterocycles. The Bertz CT molecular complexity index is 1230. The SMILES string of the molecule is Cc1cccc(N2CCN(c3ncnc(NNC(=O)c4cccc(Cl)c4)c3[N+](=O)[O-])CC2)c1C. The number of hydrogen-bond donors (Lipinski definition) is 2. The molecule has 0 aliphatic carbocycles. The van der Waals surface area contributed by atoms with Gasteiger partial charge in [-0.3, -0.25) is 25.8 Å². The number of aryl methyl sites for hydroxylation is 1. The summed E-state index contributed by atoms with van der Waals surface area (Å²) in [5.41, 5.74) is 8.64. The van der Waals surface area contributed by atoms with E-state index in [1.54, 1.807) is 18.2 Å². The van der Waals surface area contributed by atoms with Gasteiger partial charge in [0.1, 0.15) is 6.33 Å². The van der Waals surface area contributed by atoms with Gasteiger partial charge in [0.25, 0.3) is 5.91 Å². The fraction of sp³-hybridized carbons (Fsp3) is 0.261. The van der Waals surface area contributed by atoms with E-state index in [4.69, 9.17) is 11.6 Å². The molecule has 4 rings (SSSR count). The van der Waals surface area contributed by atoms with E-state index in [9.17, 15) is 14.9 Å². The number of rotatable bonds is 6. The van der Waals surface area contributed by atoms with Gasteiger partial charge in [0, 0.05) is 42.5 Å². The number of nitro groups is 1. The van der Waals surface area contributed by atoms with E-state index in [-0.39, 0.29) is 17.3 Å². The van der Waals surface area contributed by atoms with Gasteiger partial charge in [-0.2, -0.15) is 0 Å². The number of halogens is 1. The fourth-order valence-corrected chi connectivity index (χ4v) is 4.11. The number of aromatic nitrogens is 2. The third kappa shape index (κ3) is 4.86. The molecule has 11 heteroatoms. The van der Waals surface area contributed by atoms with Crippen molar-refractivity contribution < 1.29 is 9.72 Å². The highest BCUT2D eigenvalue weighted by atomic mass is 35.5. The number of anilines is 3. The van der Waals surface area contributed by atoms with Crippen LogP contribution in [0, 0.1) is 24.0 Å². The molecule has 0 atom stereocenters. The molecule has 1 amide bonds. The Balaban J connectivity index is 1.50. The number of nitrogens with zero attached hydrogens (tertiary/aromatic N) is 5. The maximum absolute atomic E-state index is 12.4. The number of hydrogen-bond acceptors (Lipinski definition) is 8. The van der Waals surface area contributed by atoms with Crippen LogP contribution >= 0.6 is 11.6 Å².